The number of hydrogen-bond acceptors (Lipinski definition) is 6. The first-order valence-corrected chi connectivity index (χ1v) is 11.3. The largest absolute Gasteiger partial charge is 0.497 e. The van der Waals surface area contributed by atoms with Crippen molar-refractivity contribution >= 4 is 11.8 Å². The molecule has 1 aromatic carbocycles. The standard InChI is InChI=1S/C23H34N4O4/c1-30-19-6-7-21(31-2)20(16-19)23(29)27-10-8-24(9-11-27)17-22(28)26-14-12-25(13-15-26)18-4-3-5-18/h6-7,16,18H,3-5,8-15,17H2,1-2H3. The van der Waals surface area contributed by atoms with Crippen LogP contribution in [0.3, 0.4) is 0 Å². The predicted octanol–water partition coefficient (Wildman–Crippen LogP) is 1.16. The van der Waals surface area contributed by atoms with Crippen LogP contribution in [0.4, 0.5) is 0 Å². The Morgan fingerprint density at radius 1 is 0.903 bits per heavy atom. The third-order valence-corrected chi connectivity index (χ3v) is 6.91. The second kappa shape index (κ2) is 9.87. The number of carbonyl (C=O) groups is 2. The van der Waals surface area contributed by atoms with Gasteiger partial charge in [0.1, 0.15) is 11.5 Å². The number of hydrogen-bond donors (Lipinski definition) is 0. The average Bonchev–Trinajstić information content (AvgIpc) is 2.78. The molecule has 0 aromatic heterocycles. The Kier molecular flexibility index (Phi) is 6.97. The van der Waals surface area contributed by atoms with Crippen molar-refractivity contribution in [3.8, 4) is 11.5 Å². The average molecular weight is 431 g/mol. The van der Waals surface area contributed by atoms with Crippen LogP contribution in [0.1, 0.15) is 29.6 Å². The summed E-state index contributed by atoms with van der Waals surface area (Å²) in [6.45, 7) is 6.71. The Labute approximate surface area is 184 Å². The van der Waals surface area contributed by atoms with E-state index in [-0.39, 0.29) is 11.8 Å². The fourth-order valence-corrected chi connectivity index (χ4v) is 4.64. The maximum Gasteiger partial charge on any atom is 0.257 e. The molecule has 2 saturated heterocycles. The third-order valence-electron chi connectivity index (χ3n) is 6.91. The van der Waals surface area contributed by atoms with Crippen LogP contribution < -0.4 is 9.47 Å². The monoisotopic (exact) mass is 430 g/mol. The molecule has 8 heteroatoms. The molecule has 3 aliphatic rings. The number of methoxy groups -OCH3 is 2. The molecule has 31 heavy (non-hydrogen) atoms. The molecule has 1 aromatic rings. The molecule has 0 atom stereocenters. The summed E-state index contributed by atoms with van der Waals surface area (Å²) in [6.07, 6.45) is 3.99. The second-order valence-electron chi connectivity index (χ2n) is 8.64. The third kappa shape index (κ3) is 4.96. The minimum Gasteiger partial charge on any atom is -0.497 e. The Balaban J connectivity index is 1.25. The number of piperazine rings is 2. The summed E-state index contributed by atoms with van der Waals surface area (Å²) in [6, 6.07) is 6.02. The lowest BCUT2D eigenvalue weighted by atomic mass is 9.91. The van der Waals surface area contributed by atoms with Crippen molar-refractivity contribution < 1.29 is 19.1 Å². The maximum absolute atomic E-state index is 13.0. The van der Waals surface area contributed by atoms with Gasteiger partial charge in [-0.1, -0.05) is 6.42 Å². The van der Waals surface area contributed by atoms with Gasteiger partial charge < -0.3 is 19.3 Å². The Morgan fingerprint density at radius 3 is 2.16 bits per heavy atom. The predicted molar refractivity (Wildman–Crippen MR) is 118 cm³/mol. The second-order valence-corrected chi connectivity index (χ2v) is 8.64. The van der Waals surface area contributed by atoms with Gasteiger partial charge in [-0.25, -0.2) is 0 Å². The van der Waals surface area contributed by atoms with Crippen LogP contribution in [0.2, 0.25) is 0 Å². The summed E-state index contributed by atoms with van der Waals surface area (Å²) in [4.78, 5) is 34.3. The Bertz CT molecular complexity index is 782. The number of benzene rings is 1. The maximum atomic E-state index is 13.0. The molecular weight excluding hydrogens is 396 g/mol. The summed E-state index contributed by atoms with van der Waals surface area (Å²) >= 11 is 0. The summed E-state index contributed by atoms with van der Waals surface area (Å²) in [7, 11) is 3.15. The normalized spacial score (nSPS) is 21.0. The van der Waals surface area contributed by atoms with Gasteiger partial charge in [-0.2, -0.15) is 0 Å². The fourth-order valence-electron chi connectivity index (χ4n) is 4.64. The van der Waals surface area contributed by atoms with Gasteiger partial charge in [-0.05, 0) is 31.0 Å². The molecule has 2 amide bonds. The van der Waals surface area contributed by atoms with Gasteiger partial charge in [0.25, 0.3) is 5.91 Å². The Hall–Kier alpha value is -2.32. The van der Waals surface area contributed by atoms with E-state index in [4.69, 9.17) is 9.47 Å². The van der Waals surface area contributed by atoms with E-state index in [2.05, 4.69) is 9.80 Å². The molecule has 170 valence electrons. The lowest BCUT2D eigenvalue weighted by Gasteiger charge is -2.43. The van der Waals surface area contributed by atoms with E-state index in [0.29, 0.717) is 49.8 Å². The summed E-state index contributed by atoms with van der Waals surface area (Å²) < 4.78 is 10.6. The lowest BCUT2D eigenvalue weighted by molar-refractivity contribution is -0.135. The van der Waals surface area contributed by atoms with Crippen LogP contribution in [0.5, 0.6) is 11.5 Å². The van der Waals surface area contributed by atoms with Crippen molar-refractivity contribution in [3.63, 3.8) is 0 Å². The summed E-state index contributed by atoms with van der Waals surface area (Å²) in [5, 5.41) is 0. The number of nitrogens with zero attached hydrogens (tertiary/aromatic N) is 4. The van der Waals surface area contributed by atoms with E-state index in [1.165, 1.54) is 19.3 Å². The van der Waals surface area contributed by atoms with Gasteiger partial charge in [-0.15, -0.1) is 0 Å². The number of ether oxygens (including phenoxy) is 2. The zero-order chi connectivity index (χ0) is 21.8. The van der Waals surface area contributed by atoms with E-state index < -0.39 is 0 Å². The molecule has 0 bridgehead atoms. The van der Waals surface area contributed by atoms with Crippen molar-refractivity contribution in [2.24, 2.45) is 0 Å². The highest BCUT2D eigenvalue weighted by Crippen LogP contribution is 2.26. The van der Waals surface area contributed by atoms with Crippen LogP contribution in [0.15, 0.2) is 18.2 Å². The highest BCUT2D eigenvalue weighted by atomic mass is 16.5. The molecule has 2 heterocycles. The highest BCUT2D eigenvalue weighted by molar-refractivity contribution is 5.97. The molecule has 0 unspecified atom stereocenters. The van der Waals surface area contributed by atoms with Gasteiger partial charge in [0.15, 0.2) is 0 Å². The summed E-state index contributed by atoms with van der Waals surface area (Å²) in [5.74, 6) is 1.33. The zero-order valence-corrected chi connectivity index (χ0v) is 18.7. The molecule has 8 nitrogen and oxygen atoms in total. The first-order chi connectivity index (χ1) is 15.1. The zero-order valence-electron chi connectivity index (χ0n) is 18.7. The molecule has 0 radical (unpaired) electrons. The quantitative estimate of drug-likeness (QED) is 0.675. The SMILES string of the molecule is COc1ccc(OC)c(C(=O)N2CCN(CC(=O)N3CCN(C4CCC4)CC3)CC2)c1. The molecule has 3 fully saturated rings. The topological polar surface area (TPSA) is 65.6 Å². The van der Waals surface area contributed by atoms with E-state index in [1.807, 2.05) is 9.80 Å². The van der Waals surface area contributed by atoms with Crippen molar-refractivity contribution in [2.45, 2.75) is 25.3 Å². The van der Waals surface area contributed by atoms with Gasteiger partial charge in [0.2, 0.25) is 5.91 Å². The molecule has 0 N–H and O–H groups in total. The number of carbonyl (C=O) groups excluding carboxylic acids is 2. The molecule has 0 spiro atoms. The summed E-state index contributed by atoms with van der Waals surface area (Å²) in [5.41, 5.74) is 0.510. The Morgan fingerprint density at radius 2 is 1.58 bits per heavy atom. The van der Waals surface area contributed by atoms with E-state index >= 15 is 0 Å². The van der Waals surface area contributed by atoms with E-state index in [9.17, 15) is 9.59 Å². The highest BCUT2D eigenvalue weighted by Gasteiger charge is 2.31. The molecule has 2 aliphatic heterocycles. The van der Waals surface area contributed by atoms with Crippen LogP contribution in [0.25, 0.3) is 0 Å². The fraction of sp³-hybridized carbons (Fsp3) is 0.652. The molecule has 1 aliphatic carbocycles. The van der Waals surface area contributed by atoms with Crippen LogP contribution in [-0.4, -0.2) is 111 Å². The molecular formula is C23H34N4O4. The molecule has 1 saturated carbocycles. The number of rotatable bonds is 6. The van der Waals surface area contributed by atoms with Crippen LogP contribution in [0, 0.1) is 0 Å². The lowest BCUT2D eigenvalue weighted by Crippen LogP contribution is -2.56. The minimum absolute atomic E-state index is 0.0613. The van der Waals surface area contributed by atoms with Gasteiger partial charge >= 0.3 is 0 Å². The van der Waals surface area contributed by atoms with E-state index in [1.54, 1.807) is 32.4 Å². The number of amides is 2. The van der Waals surface area contributed by atoms with Gasteiger partial charge in [0, 0.05) is 58.4 Å². The van der Waals surface area contributed by atoms with Crippen molar-refractivity contribution in [1.29, 1.82) is 0 Å². The van der Waals surface area contributed by atoms with Gasteiger partial charge in [-0.3, -0.25) is 19.4 Å². The molecule has 4 rings (SSSR count). The van der Waals surface area contributed by atoms with Gasteiger partial charge in [0.05, 0.1) is 26.3 Å². The van der Waals surface area contributed by atoms with Crippen LogP contribution in [-0.2, 0) is 4.79 Å². The van der Waals surface area contributed by atoms with Crippen molar-refractivity contribution in [2.75, 3.05) is 73.1 Å². The van der Waals surface area contributed by atoms with Crippen LogP contribution >= 0.6 is 0 Å². The first kappa shape index (κ1) is 21.9. The van der Waals surface area contributed by atoms with Crippen molar-refractivity contribution in [3.05, 3.63) is 23.8 Å². The smallest absolute Gasteiger partial charge is 0.257 e. The minimum atomic E-state index is -0.0613. The van der Waals surface area contributed by atoms with E-state index in [0.717, 1.165) is 32.2 Å². The van der Waals surface area contributed by atoms with Crippen molar-refractivity contribution in [1.82, 2.24) is 19.6 Å². The first-order valence-electron chi connectivity index (χ1n) is 11.3.